The van der Waals surface area contributed by atoms with Crippen LogP contribution in [0.25, 0.3) is 0 Å². The standard InChI is InChI=1S/C29H27O4S.C15H16O2.C12H8Cl2O2S.2CH4.2Na/c1-21-5-17-27(18-6-21)34(30,31)28-19-15-26(16-20-28)33-25-13-9-23(10-14-25)29(2,3)22-7-11-24(32-4)12-8-22;1-15(2,11-3-7-13(16)8-4-11)12-5-9-14(17)10-6-12;13-9-1-5-11(6-2-9)17(15,16)12-7-3-10(14)4-8-12;;;;/h5-20H,1H2,2-4H3;3-10,16-17H,1-2H3;1-8H;2*1H4;;/q+1;;;;;2*+1/p-2. The Morgan fingerprint density at radius 2 is 0.778 bits per heavy atom. The van der Waals surface area contributed by atoms with Crippen molar-refractivity contribution in [2.45, 2.75) is 68.1 Å². The summed E-state index contributed by atoms with van der Waals surface area (Å²) in [4.78, 5) is 0.880. The summed E-state index contributed by atoms with van der Waals surface area (Å²) in [6, 6.07) is 48.2. The van der Waals surface area contributed by atoms with E-state index in [9.17, 15) is 27.0 Å². The molecule has 0 aromatic heterocycles. The summed E-state index contributed by atoms with van der Waals surface area (Å²) >= 11 is 11.4. The Bertz CT molecular complexity index is 3020. The maximum atomic E-state index is 12.8. The molecule has 1 aliphatic rings. The molecule has 0 aliphatic heterocycles. The number of rotatable bonds is 11. The van der Waals surface area contributed by atoms with E-state index in [-0.39, 0.29) is 116 Å². The molecule has 0 amide bonds. The molecule has 14 heteroatoms. The van der Waals surface area contributed by atoms with Crippen molar-refractivity contribution in [2.75, 3.05) is 7.11 Å². The Labute approximate surface area is 481 Å². The predicted molar refractivity (Wildman–Crippen MR) is 282 cm³/mol. The molecule has 364 valence electrons. The van der Waals surface area contributed by atoms with Gasteiger partial charge in [0, 0.05) is 45.5 Å². The Kier molecular flexibility index (Phi) is 24.3. The Morgan fingerprint density at radius 1 is 0.472 bits per heavy atom. The molecule has 8 rings (SSSR count). The van der Waals surface area contributed by atoms with Crippen LogP contribution in [0.1, 0.15) is 64.8 Å². The van der Waals surface area contributed by atoms with Gasteiger partial charge >= 0.3 is 59.1 Å². The molecule has 7 aromatic rings. The first kappa shape index (κ1) is 63.4. The molecule has 0 atom stereocenters. The molecule has 7 aromatic carbocycles. The molecule has 0 bridgehead atoms. The molecule has 0 unspecified atom stereocenters. The smallest absolute Gasteiger partial charge is 0.872 e. The summed E-state index contributed by atoms with van der Waals surface area (Å²) < 4.78 is 61.2. The second-order valence-electron chi connectivity index (χ2n) is 16.7. The Balaban J connectivity index is 0.000000396. The Hall–Kier alpha value is -4.69. The number of ether oxygens (including phenoxy) is 2. The average Bonchev–Trinajstić information content (AvgIpc) is 3.33. The second kappa shape index (κ2) is 27.6. The zero-order valence-electron chi connectivity index (χ0n) is 40.0. The van der Waals surface area contributed by atoms with Crippen molar-refractivity contribution in [3.05, 3.63) is 244 Å². The summed E-state index contributed by atoms with van der Waals surface area (Å²) in [5.41, 5.74) is 4.84. The van der Waals surface area contributed by atoms with E-state index < -0.39 is 19.7 Å². The first-order valence-electron chi connectivity index (χ1n) is 21.2. The molecule has 0 heterocycles. The largest absolute Gasteiger partial charge is 1.00 e. The van der Waals surface area contributed by atoms with Crippen molar-refractivity contribution < 1.29 is 95.6 Å². The monoisotopic (exact) mass is 1060 g/mol. The van der Waals surface area contributed by atoms with Crippen LogP contribution >= 0.6 is 23.2 Å². The minimum absolute atomic E-state index is 0. The zero-order chi connectivity index (χ0) is 49.3. The quantitative estimate of drug-likeness (QED) is 0.0940. The molecule has 0 saturated heterocycles. The third-order valence-corrected chi connectivity index (χ3v) is 15.5. The van der Waals surface area contributed by atoms with Crippen LogP contribution in [0.5, 0.6) is 28.7 Å². The fourth-order valence-electron chi connectivity index (χ4n) is 7.02. The van der Waals surface area contributed by atoms with Gasteiger partial charge in [0.15, 0.2) is 0 Å². The van der Waals surface area contributed by atoms with Crippen molar-refractivity contribution in [2.24, 2.45) is 0 Å². The van der Waals surface area contributed by atoms with Crippen LogP contribution in [0.4, 0.5) is 0 Å². The molecule has 0 fully saturated rings. The van der Waals surface area contributed by atoms with Crippen LogP contribution in [0.15, 0.2) is 220 Å². The van der Waals surface area contributed by atoms with Crippen molar-refractivity contribution in [3.8, 4) is 28.7 Å². The molecule has 72 heavy (non-hydrogen) atoms. The van der Waals surface area contributed by atoms with Gasteiger partial charge in [0.1, 0.15) is 22.2 Å². The van der Waals surface area contributed by atoms with Crippen LogP contribution in [-0.4, -0.2) is 23.9 Å². The van der Waals surface area contributed by atoms with E-state index in [1.165, 1.54) is 29.8 Å². The average molecular weight is 1060 g/mol. The zero-order valence-corrected chi connectivity index (χ0v) is 47.2. The fourth-order valence-corrected chi connectivity index (χ4v) is 9.79. The number of benzene rings is 7. The summed E-state index contributed by atoms with van der Waals surface area (Å²) in [5, 5.41) is 23.2. The number of methoxy groups -OCH3 is 1. The number of allylic oxidation sites excluding steroid dienone is 4. The molecular formula is C58H57Cl2Na2O8S2+. The first-order valence-corrected chi connectivity index (χ1v) is 24.9. The molecule has 0 N–H and O–H groups in total. The maximum absolute atomic E-state index is 12.8. The number of sulfone groups is 2. The van der Waals surface area contributed by atoms with Gasteiger partial charge in [-0.2, -0.15) is 0 Å². The minimum atomic E-state index is -3.59. The van der Waals surface area contributed by atoms with Crippen molar-refractivity contribution >= 4 is 42.9 Å². The van der Waals surface area contributed by atoms with Gasteiger partial charge in [0.2, 0.25) is 19.7 Å². The predicted octanol–water partition coefficient (Wildman–Crippen LogP) is 8.07. The van der Waals surface area contributed by atoms with Gasteiger partial charge in [-0.25, -0.2) is 16.8 Å². The van der Waals surface area contributed by atoms with Crippen LogP contribution in [0, 0.1) is 6.42 Å². The number of halogens is 2. The van der Waals surface area contributed by atoms with E-state index in [4.69, 9.17) is 32.7 Å². The molecule has 0 saturated carbocycles. The first-order chi connectivity index (χ1) is 32.2. The van der Waals surface area contributed by atoms with E-state index in [1.807, 2.05) is 60.7 Å². The van der Waals surface area contributed by atoms with Gasteiger partial charge in [0.05, 0.1) is 27.4 Å². The third kappa shape index (κ3) is 16.2. The molecule has 8 nitrogen and oxygen atoms in total. The van der Waals surface area contributed by atoms with Crippen molar-refractivity contribution in [1.82, 2.24) is 0 Å². The van der Waals surface area contributed by atoms with E-state index >= 15 is 0 Å². The molecule has 0 radical (unpaired) electrons. The Morgan fingerprint density at radius 3 is 1.11 bits per heavy atom. The SMILES string of the molecule is C.C.C=C1C=CC(S(=O)(=O)c2ccc(Oc3ccc(C(C)(C)c4ccc(OC)cc4)cc3)cc2)=C[CH+]1.CC(C)(c1ccc([O-])cc1)c1ccc([O-])cc1.O=S(=O)(c1ccc(Cl)cc1)c1ccc(Cl)cc1.[Na+].[Na+]. The van der Waals surface area contributed by atoms with Gasteiger partial charge in [-0.1, -0.05) is 139 Å². The van der Waals surface area contributed by atoms with Gasteiger partial charge in [0.25, 0.3) is 0 Å². The molecule has 1 aliphatic carbocycles. The van der Waals surface area contributed by atoms with E-state index in [0.717, 1.165) is 28.0 Å². The minimum Gasteiger partial charge on any atom is -0.872 e. The number of hydrogen-bond acceptors (Lipinski definition) is 8. The van der Waals surface area contributed by atoms with Crippen LogP contribution < -0.4 is 78.8 Å². The van der Waals surface area contributed by atoms with Crippen LogP contribution in [0.3, 0.4) is 0 Å². The van der Waals surface area contributed by atoms with Gasteiger partial charge < -0.3 is 19.7 Å². The van der Waals surface area contributed by atoms with E-state index in [1.54, 1.807) is 105 Å². The van der Waals surface area contributed by atoms with Crippen molar-refractivity contribution in [3.63, 3.8) is 0 Å². The van der Waals surface area contributed by atoms with Gasteiger partial charge in [-0.3, -0.25) is 0 Å². The summed E-state index contributed by atoms with van der Waals surface area (Å²) in [5.74, 6) is 2.10. The van der Waals surface area contributed by atoms with Crippen molar-refractivity contribution in [1.29, 1.82) is 0 Å². The molecule has 0 spiro atoms. The summed E-state index contributed by atoms with van der Waals surface area (Å²) in [7, 11) is -5.42. The maximum Gasteiger partial charge on any atom is 1.00 e. The summed E-state index contributed by atoms with van der Waals surface area (Å²) in [6.45, 7) is 12.3. The summed E-state index contributed by atoms with van der Waals surface area (Å²) in [6.07, 6.45) is 6.50. The number of hydrogen-bond donors (Lipinski definition) is 0. The van der Waals surface area contributed by atoms with Gasteiger partial charge in [-0.15, -0.1) is 11.5 Å². The van der Waals surface area contributed by atoms with Crippen LogP contribution in [-0.2, 0) is 30.5 Å². The normalized spacial score (nSPS) is 11.9. The topological polar surface area (TPSA) is 133 Å². The van der Waals surface area contributed by atoms with E-state index in [0.29, 0.717) is 21.5 Å². The fraction of sp³-hybridized carbons (Fsp3) is 0.155. The second-order valence-corrected chi connectivity index (χ2v) is 21.5. The van der Waals surface area contributed by atoms with Crippen LogP contribution in [0.2, 0.25) is 10.0 Å². The third-order valence-electron chi connectivity index (χ3n) is 11.4. The molecular weight excluding hydrogens is 1010 g/mol. The van der Waals surface area contributed by atoms with Gasteiger partial charge in [-0.05, 0) is 126 Å². The van der Waals surface area contributed by atoms with E-state index in [2.05, 4.69) is 46.4 Å².